The van der Waals surface area contributed by atoms with Crippen molar-refractivity contribution in [2.45, 2.75) is 70.6 Å². The number of methoxy groups -OCH3 is 1. The van der Waals surface area contributed by atoms with Crippen molar-refractivity contribution >= 4 is 29.7 Å². The number of carbonyl (C=O) groups excluding carboxylic acids is 5. The van der Waals surface area contributed by atoms with Gasteiger partial charge in [-0.25, -0.2) is 4.79 Å². The Bertz CT molecular complexity index is 1880. The zero-order valence-corrected chi connectivity index (χ0v) is 32.4. The summed E-state index contributed by atoms with van der Waals surface area (Å²) in [6.45, 7) is 4.62. The molecule has 0 radical (unpaired) electrons. The fraction of sp³-hybridized carbons (Fsp3) is 0.386. The number of hydrogen-bond donors (Lipinski definition) is 0. The second kappa shape index (κ2) is 18.1. The molecule has 0 spiro atoms. The molecule has 0 saturated carbocycles. The third-order valence-electron chi connectivity index (χ3n) is 10.4. The van der Waals surface area contributed by atoms with Gasteiger partial charge in [0.1, 0.15) is 18.0 Å². The van der Waals surface area contributed by atoms with Crippen molar-refractivity contribution in [1.82, 2.24) is 0 Å². The third-order valence-corrected chi connectivity index (χ3v) is 10.4. The molecule has 57 heavy (non-hydrogen) atoms. The largest absolute Gasteiger partial charge is 0.471 e. The Kier molecular flexibility index (Phi) is 13.0. The van der Waals surface area contributed by atoms with Crippen LogP contribution in [0.25, 0.3) is 0 Å². The van der Waals surface area contributed by atoms with Crippen molar-refractivity contribution < 1.29 is 61.9 Å². The van der Waals surface area contributed by atoms with E-state index in [1.165, 1.54) is 41.1 Å². The van der Waals surface area contributed by atoms with Crippen molar-refractivity contribution in [2.75, 3.05) is 20.3 Å². The molecular formula is C44H46O13. The van der Waals surface area contributed by atoms with Crippen LogP contribution in [0, 0.1) is 17.8 Å². The average Bonchev–Trinajstić information content (AvgIpc) is 3.63. The molecule has 8 atom stereocenters. The topological polar surface area (TPSA) is 159 Å². The molecule has 3 aromatic rings. The first kappa shape index (κ1) is 41.0. The molecule has 1 aliphatic carbocycles. The molecule has 0 N–H and O–H groups in total. The van der Waals surface area contributed by atoms with E-state index >= 15 is 0 Å². The zero-order valence-electron chi connectivity index (χ0n) is 32.4. The van der Waals surface area contributed by atoms with Crippen LogP contribution in [0.15, 0.2) is 114 Å². The van der Waals surface area contributed by atoms with E-state index < -0.39 is 83.9 Å². The van der Waals surface area contributed by atoms with Gasteiger partial charge in [-0.1, -0.05) is 97.1 Å². The molecule has 0 amide bonds. The monoisotopic (exact) mass is 782 g/mol. The highest BCUT2D eigenvalue weighted by molar-refractivity contribution is 5.89. The van der Waals surface area contributed by atoms with Gasteiger partial charge in [-0.05, 0) is 35.6 Å². The van der Waals surface area contributed by atoms with Gasteiger partial charge in [-0.3, -0.25) is 19.2 Å². The Morgan fingerprint density at radius 3 is 1.75 bits per heavy atom. The van der Waals surface area contributed by atoms with E-state index in [1.807, 2.05) is 97.1 Å². The van der Waals surface area contributed by atoms with Gasteiger partial charge in [0.25, 0.3) is 0 Å². The Balaban J connectivity index is 1.42. The van der Waals surface area contributed by atoms with Crippen molar-refractivity contribution in [3.05, 3.63) is 131 Å². The molecule has 0 bridgehead atoms. The summed E-state index contributed by atoms with van der Waals surface area (Å²) < 4.78 is 48.2. The second-order valence-electron chi connectivity index (χ2n) is 14.1. The van der Waals surface area contributed by atoms with E-state index in [2.05, 4.69) is 0 Å². The molecule has 2 heterocycles. The first-order chi connectivity index (χ1) is 27.4. The van der Waals surface area contributed by atoms with E-state index in [9.17, 15) is 24.0 Å². The minimum atomic E-state index is -1.50. The van der Waals surface area contributed by atoms with Gasteiger partial charge in [0.05, 0.1) is 43.5 Å². The average molecular weight is 783 g/mol. The number of allylic oxidation sites excluding steroid dienone is 1. The predicted molar refractivity (Wildman–Crippen MR) is 201 cm³/mol. The molecule has 0 unspecified atom stereocenters. The van der Waals surface area contributed by atoms with E-state index in [0.29, 0.717) is 12.0 Å². The van der Waals surface area contributed by atoms with Crippen molar-refractivity contribution in [3.8, 4) is 0 Å². The van der Waals surface area contributed by atoms with Crippen LogP contribution < -0.4 is 0 Å². The molecule has 3 aliphatic rings. The Labute approximate surface area is 330 Å². The predicted octanol–water partition coefficient (Wildman–Crippen LogP) is 5.34. The fourth-order valence-corrected chi connectivity index (χ4v) is 8.00. The summed E-state index contributed by atoms with van der Waals surface area (Å²) in [4.78, 5) is 63.7. The summed E-state index contributed by atoms with van der Waals surface area (Å²) in [5, 5.41) is 0. The van der Waals surface area contributed by atoms with Crippen LogP contribution in [-0.2, 0) is 67.5 Å². The molecule has 3 aromatic carbocycles. The highest BCUT2D eigenvalue weighted by Gasteiger charge is 2.55. The summed E-state index contributed by atoms with van der Waals surface area (Å²) in [6.07, 6.45) is -3.20. The number of esters is 4. The summed E-state index contributed by atoms with van der Waals surface area (Å²) in [7, 11) is 1.26. The van der Waals surface area contributed by atoms with E-state index in [0.717, 1.165) is 16.7 Å². The maximum Gasteiger partial charge on any atom is 0.337 e. The van der Waals surface area contributed by atoms with Crippen molar-refractivity contribution in [3.63, 3.8) is 0 Å². The maximum absolute atomic E-state index is 13.7. The number of rotatable bonds is 14. The molecule has 300 valence electrons. The summed E-state index contributed by atoms with van der Waals surface area (Å²) in [5.41, 5.74) is 2.03. The van der Waals surface area contributed by atoms with Gasteiger partial charge in [0.15, 0.2) is 12.2 Å². The van der Waals surface area contributed by atoms with Crippen LogP contribution in [0.1, 0.15) is 50.8 Å². The molecular weight excluding hydrogens is 736 g/mol. The Morgan fingerprint density at radius 2 is 1.26 bits per heavy atom. The van der Waals surface area contributed by atoms with E-state index in [1.54, 1.807) is 0 Å². The SMILES string of the molecule is COC(=O)C1=CO[C@@H](O[C@@H]2O[C@H](COC(c3ccccc3)(c3ccccc3)c3ccccc3)[C@@H](C(C)=O)[C@H](OC(C)=O)[C@H]2OC(C)=O)[C@@H]2C(COC(C)=O)=CC[C@H]12. The number of hydrogen-bond acceptors (Lipinski definition) is 13. The van der Waals surface area contributed by atoms with Gasteiger partial charge in [0, 0.05) is 26.7 Å². The third kappa shape index (κ3) is 8.85. The normalized spacial score (nSPS) is 25.4. The number of ketones is 1. The number of fused-ring (bicyclic) bond motifs is 1. The summed E-state index contributed by atoms with van der Waals surface area (Å²) >= 11 is 0. The van der Waals surface area contributed by atoms with Crippen molar-refractivity contribution in [1.29, 1.82) is 0 Å². The Morgan fingerprint density at radius 1 is 0.719 bits per heavy atom. The standard InChI is InChI=1S/C44H46O13/c1-26(45)37-36(25-53-44(31-15-9-6-10-16-31,32-17-11-7-12-18-32)33-19-13-8-14-20-33)56-43(40(55-29(4)48)39(37)54-28(3)47)57-42-38-30(23-51-27(2)46)21-22-34(38)35(24-52-42)41(49)50-5/h6-21,24,34,36-40,42-43H,22-23,25H2,1-5H3/t34-,36-,37-,38-,39+,40-,42+,43+/m1/s1. The van der Waals surface area contributed by atoms with Crippen LogP contribution in [-0.4, -0.2) is 80.9 Å². The maximum atomic E-state index is 13.7. The highest BCUT2D eigenvalue weighted by Crippen LogP contribution is 2.46. The van der Waals surface area contributed by atoms with Crippen LogP contribution in [0.5, 0.6) is 0 Å². The lowest BCUT2D eigenvalue weighted by Crippen LogP contribution is -2.62. The number of Topliss-reactive ketones (excluding diaryl/α,β-unsaturated/α-hetero) is 1. The molecule has 1 saturated heterocycles. The van der Waals surface area contributed by atoms with Gasteiger partial charge < -0.3 is 37.9 Å². The molecule has 6 rings (SSSR count). The smallest absolute Gasteiger partial charge is 0.337 e. The molecule has 1 fully saturated rings. The fourth-order valence-electron chi connectivity index (χ4n) is 8.00. The lowest BCUT2D eigenvalue weighted by molar-refractivity contribution is -0.334. The van der Waals surface area contributed by atoms with Gasteiger partial charge in [-0.2, -0.15) is 0 Å². The van der Waals surface area contributed by atoms with Crippen LogP contribution in [0.2, 0.25) is 0 Å². The molecule has 13 nitrogen and oxygen atoms in total. The first-order valence-corrected chi connectivity index (χ1v) is 18.7. The first-order valence-electron chi connectivity index (χ1n) is 18.7. The minimum absolute atomic E-state index is 0.105. The van der Waals surface area contributed by atoms with Gasteiger partial charge >= 0.3 is 23.9 Å². The molecule has 13 heteroatoms. The molecule has 2 aliphatic heterocycles. The van der Waals surface area contributed by atoms with Crippen molar-refractivity contribution in [2.24, 2.45) is 17.8 Å². The number of carbonyl (C=O) groups is 5. The number of ether oxygens (including phenoxy) is 8. The second-order valence-corrected chi connectivity index (χ2v) is 14.1. The minimum Gasteiger partial charge on any atom is -0.471 e. The summed E-state index contributed by atoms with van der Waals surface area (Å²) in [5.74, 6) is -5.39. The van der Waals surface area contributed by atoms with E-state index in [-0.39, 0.29) is 18.8 Å². The van der Waals surface area contributed by atoms with Gasteiger partial charge in [0.2, 0.25) is 12.6 Å². The van der Waals surface area contributed by atoms with Crippen LogP contribution in [0.4, 0.5) is 0 Å². The highest BCUT2D eigenvalue weighted by atomic mass is 16.8. The van der Waals surface area contributed by atoms with Gasteiger partial charge in [-0.15, -0.1) is 0 Å². The quantitative estimate of drug-likeness (QED) is 0.0894. The lowest BCUT2D eigenvalue weighted by atomic mass is 9.79. The Hall–Kier alpha value is -5.63. The van der Waals surface area contributed by atoms with Crippen LogP contribution in [0.3, 0.4) is 0 Å². The number of benzene rings is 3. The van der Waals surface area contributed by atoms with E-state index in [4.69, 9.17) is 37.9 Å². The lowest BCUT2D eigenvalue weighted by Gasteiger charge is -2.47. The zero-order chi connectivity index (χ0) is 40.7. The molecule has 0 aromatic heterocycles. The summed E-state index contributed by atoms with van der Waals surface area (Å²) in [6, 6.07) is 28.8. The van der Waals surface area contributed by atoms with Crippen LogP contribution >= 0.6 is 0 Å².